The third-order valence-corrected chi connectivity index (χ3v) is 4.30. The Morgan fingerprint density at radius 2 is 1.07 bits per heavy atom. The Hall–Kier alpha value is 0.0400. The van der Waals surface area contributed by atoms with E-state index < -0.39 is 0 Å². The first-order chi connectivity index (χ1) is 6.55. The molecule has 15 heavy (non-hydrogen) atoms. The van der Waals surface area contributed by atoms with Gasteiger partial charge in [-0.25, -0.2) is 0 Å². The molecule has 0 amide bonds. The minimum atomic E-state index is -0.323. The molecule has 0 spiro atoms. The Kier molecular flexibility index (Phi) is 5.41. The maximum absolute atomic E-state index is 11.5. The largest absolute Gasteiger partial charge is 0.287 e. The van der Waals surface area contributed by atoms with E-state index in [2.05, 4.69) is 0 Å². The van der Waals surface area contributed by atoms with Crippen molar-refractivity contribution in [3.63, 3.8) is 0 Å². The monoisotopic (exact) mass is 248 g/mol. The van der Waals surface area contributed by atoms with E-state index in [1.165, 1.54) is 23.5 Å². The predicted molar refractivity (Wildman–Crippen MR) is 69.0 cm³/mol. The van der Waals surface area contributed by atoms with Crippen LogP contribution < -0.4 is 0 Å². The second-order valence-electron chi connectivity index (χ2n) is 5.48. The van der Waals surface area contributed by atoms with Crippen molar-refractivity contribution in [2.24, 2.45) is 10.8 Å². The molecule has 0 rings (SSSR count). The van der Waals surface area contributed by atoms with Crippen LogP contribution in [0.1, 0.15) is 41.5 Å². The molecule has 4 heteroatoms. The summed E-state index contributed by atoms with van der Waals surface area (Å²) in [4.78, 5) is 23.1. The van der Waals surface area contributed by atoms with E-state index >= 15 is 0 Å². The Morgan fingerprint density at radius 3 is 1.27 bits per heavy atom. The molecular formula is C11H20O2S2. The fourth-order valence-corrected chi connectivity index (χ4v) is 2.53. The summed E-state index contributed by atoms with van der Waals surface area (Å²) in [5, 5.41) is 0.792. The van der Waals surface area contributed by atoms with Crippen LogP contribution in [0.25, 0.3) is 0 Å². The zero-order valence-corrected chi connectivity index (χ0v) is 12.0. The standard InChI is InChI=1S/C11H20O2S2/c1-10(2,3)8(12)14-7-15-9(13)11(4,5)6/h7H2,1-6H3. The minimum absolute atomic E-state index is 0.136. The van der Waals surface area contributed by atoms with Gasteiger partial charge in [-0.2, -0.15) is 0 Å². The highest BCUT2D eigenvalue weighted by atomic mass is 32.2. The Morgan fingerprint density at radius 1 is 0.800 bits per heavy atom. The lowest BCUT2D eigenvalue weighted by molar-refractivity contribution is -0.117. The molecule has 0 radical (unpaired) electrons. The summed E-state index contributed by atoms with van der Waals surface area (Å²) in [6.45, 7) is 11.3. The van der Waals surface area contributed by atoms with Crippen LogP contribution in [0.4, 0.5) is 0 Å². The van der Waals surface area contributed by atoms with Gasteiger partial charge in [0.2, 0.25) is 0 Å². The summed E-state index contributed by atoms with van der Waals surface area (Å²) in [5.41, 5.74) is -0.647. The Bertz CT molecular complexity index is 220. The molecule has 0 aromatic rings. The fraction of sp³-hybridized carbons (Fsp3) is 0.818. The summed E-state index contributed by atoms with van der Waals surface area (Å²) in [5.74, 6) is 0. The van der Waals surface area contributed by atoms with Gasteiger partial charge in [-0.1, -0.05) is 65.1 Å². The molecule has 0 aliphatic carbocycles. The van der Waals surface area contributed by atoms with Crippen LogP contribution in [0, 0.1) is 10.8 Å². The van der Waals surface area contributed by atoms with Gasteiger partial charge in [0.05, 0.1) is 5.08 Å². The van der Waals surface area contributed by atoms with Crippen LogP contribution in [0.5, 0.6) is 0 Å². The molecule has 0 unspecified atom stereocenters. The zero-order valence-electron chi connectivity index (χ0n) is 10.3. The topological polar surface area (TPSA) is 34.1 Å². The third kappa shape index (κ3) is 6.25. The van der Waals surface area contributed by atoms with Crippen LogP contribution in [-0.2, 0) is 9.59 Å². The maximum Gasteiger partial charge on any atom is 0.195 e. The quantitative estimate of drug-likeness (QED) is 0.700. The maximum atomic E-state index is 11.5. The van der Waals surface area contributed by atoms with Crippen molar-refractivity contribution < 1.29 is 9.59 Å². The first-order valence-electron chi connectivity index (χ1n) is 4.89. The van der Waals surface area contributed by atoms with E-state index in [0.717, 1.165) is 0 Å². The van der Waals surface area contributed by atoms with Gasteiger partial charge in [0.25, 0.3) is 0 Å². The number of hydrogen-bond acceptors (Lipinski definition) is 4. The van der Waals surface area contributed by atoms with E-state index in [9.17, 15) is 9.59 Å². The number of carbonyl (C=O) groups excluding carboxylic acids is 2. The molecule has 0 aliphatic heterocycles. The SMILES string of the molecule is CC(C)(C)C(=O)SCSC(=O)C(C)(C)C. The Balaban J connectivity index is 3.92. The van der Waals surface area contributed by atoms with E-state index in [1.807, 2.05) is 41.5 Å². The summed E-state index contributed by atoms with van der Waals surface area (Å²) < 4.78 is 0. The van der Waals surface area contributed by atoms with E-state index in [4.69, 9.17) is 0 Å². The molecule has 0 aromatic carbocycles. The lowest BCUT2D eigenvalue weighted by atomic mass is 10.00. The lowest BCUT2D eigenvalue weighted by Gasteiger charge is -2.17. The van der Waals surface area contributed by atoms with Crippen molar-refractivity contribution in [1.82, 2.24) is 0 Å². The first kappa shape index (κ1) is 15.0. The summed E-state index contributed by atoms with van der Waals surface area (Å²) in [6.07, 6.45) is 0. The fourth-order valence-electron chi connectivity index (χ4n) is 0.570. The van der Waals surface area contributed by atoms with E-state index in [-0.39, 0.29) is 21.1 Å². The minimum Gasteiger partial charge on any atom is -0.287 e. The van der Waals surface area contributed by atoms with Gasteiger partial charge in [-0.3, -0.25) is 9.59 Å². The van der Waals surface area contributed by atoms with Gasteiger partial charge in [0, 0.05) is 10.8 Å². The normalized spacial score (nSPS) is 12.7. The van der Waals surface area contributed by atoms with Crippen LogP contribution in [0.3, 0.4) is 0 Å². The average molecular weight is 248 g/mol. The zero-order chi connectivity index (χ0) is 12.3. The highest BCUT2D eigenvalue weighted by molar-refractivity contribution is 8.29. The molecule has 0 atom stereocenters. The first-order valence-corrected chi connectivity index (χ1v) is 6.87. The molecule has 0 saturated carbocycles. The smallest absolute Gasteiger partial charge is 0.195 e. The van der Waals surface area contributed by atoms with Crippen molar-refractivity contribution >= 4 is 33.8 Å². The molecule has 0 heterocycles. The Labute approximate surface area is 101 Å². The molecule has 0 bridgehead atoms. The number of thioether (sulfide) groups is 2. The summed E-state index contributed by atoms with van der Waals surface area (Å²) in [6, 6.07) is 0. The molecule has 0 aromatic heterocycles. The van der Waals surface area contributed by atoms with Crippen LogP contribution >= 0.6 is 23.5 Å². The van der Waals surface area contributed by atoms with Gasteiger partial charge in [0.1, 0.15) is 0 Å². The molecule has 0 N–H and O–H groups in total. The van der Waals surface area contributed by atoms with E-state index in [1.54, 1.807) is 0 Å². The van der Waals surface area contributed by atoms with Crippen LogP contribution in [0.2, 0.25) is 0 Å². The highest BCUT2D eigenvalue weighted by Gasteiger charge is 2.24. The van der Waals surface area contributed by atoms with Crippen molar-refractivity contribution in [3.05, 3.63) is 0 Å². The lowest BCUT2D eigenvalue weighted by Crippen LogP contribution is -2.18. The van der Waals surface area contributed by atoms with Crippen LogP contribution in [0.15, 0.2) is 0 Å². The second-order valence-corrected chi connectivity index (χ2v) is 7.74. The van der Waals surface area contributed by atoms with Gasteiger partial charge >= 0.3 is 0 Å². The van der Waals surface area contributed by atoms with Crippen molar-refractivity contribution in [1.29, 1.82) is 0 Å². The van der Waals surface area contributed by atoms with Crippen molar-refractivity contribution in [2.45, 2.75) is 41.5 Å². The highest BCUT2D eigenvalue weighted by Crippen LogP contribution is 2.29. The number of hydrogen-bond donors (Lipinski definition) is 0. The van der Waals surface area contributed by atoms with Crippen molar-refractivity contribution in [2.75, 3.05) is 5.08 Å². The summed E-state index contributed by atoms with van der Waals surface area (Å²) in [7, 11) is 0. The van der Waals surface area contributed by atoms with Gasteiger partial charge in [-0.15, -0.1) is 0 Å². The molecule has 2 nitrogen and oxygen atoms in total. The average Bonchev–Trinajstić information content (AvgIpc) is 2.00. The van der Waals surface area contributed by atoms with Gasteiger partial charge in [0.15, 0.2) is 10.2 Å². The predicted octanol–water partition coefficient (Wildman–Crippen LogP) is 3.56. The van der Waals surface area contributed by atoms with Gasteiger partial charge < -0.3 is 0 Å². The molecule has 0 fully saturated rings. The molecule has 0 saturated heterocycles. The van der Waals surface area contributed by atoms with Crippen molar-refractivity contribution in [3.8, 4) is 0 Å². The van der Waals surface area contributed by atoms with E-state index in [0.29, 0.717) is 5.08 Å². The number of carbonyl (C=O) groups is 2. The van der Waals surface area contributed by atoms with Gasteiger partial charge in [-0.05, 0) is 0 Å². The molecule has 0 aliphatic rings. The third-order valence-electron chi connectivity index (χ3n) is 1.60. The molecular weight excluding hydrogens is 228 g/mol. The molecule has 88 valence electrons. The van der Waals surface area contributed by atoms with Crippen LogP contribution in [-0.4, -0.2) is 15.3 Å². The second kappa shape index (κ2) is 5.39. The number of rotatable bonds is 2. The summed E-state index contributed by atoms with van der Waals surface area (Å²) >= 11 is 2.46.